The number of aromatic amines is 1. The van der Waals surface area contributed by atoms with Gasteiger partial charge in [0.25, 0.3) is 5.91 Å². The topological polar surface area (TPSA) is 91.9 Å². The molecular formula is C26H27N5O2. The Balaban J connectivity index is 1.51. The number of hydrogen-bond donors (Lipinski definition) is 3. The van der Waals surface area contributed by atoms with Crippen LogP contribution in [0.2, 0.25) is 0 Å². The van der Waals surface area contributed by atoms with Crippen molar-refractivity contribution in [2.75, 3.05) is 19.5 Å². The number of nitrogens with zero attached hydrogens (tertiary/aromatic N) is 2. The smallest absolute Gasteiger partial charge is 0.251 e. The van der Waals surface area contributed by atoms with Crippen molar-refractivity contribution in [1.82, 2.24) is 20.3 Å². The summed E-state index contributed by atoms with van der Waals surface area (Å²) in [7, 11) is 3.45. The third-order valence-corrected chi connectivity index (χ3v) is 6.06. The second-order valence-electron chi connectivity index (χ2n) is 8.38. The monoisotopic (exact) mass is 441 g/mol. The van der Waals surface area contributed by atoms with Gasteiger partial charge in [-0.1, -0.05) is 24.3 Å². The van der Waals surface area contributed by atoms with Gasteiger partial charge in [-0.05, 0) is 42.7 Å². The maximum atomic E-state index is 13.2. The lowest BCUT2D eigenvalue weighted by Crippen LogP contribution is -2.31. The minimum Gasteiger partial charge on any atom is -0.497 e. The zero-order valence-corrected chi connectivity index (χ0v) is 18.8. The van der Waals surface area contributed by atoms with Crippen molar-refractivity contribution < 1.29 is 9.53 Å². The molecule has 2 aromatic carbocycles. The summed E-state index contributed by atoms with van der Waals surface area (Å²) in [6, 6.07) is 17.0. The number of ether oxygens (including phenoxy) is 1. The lowest BCUT2D eigenvalue weighted by molar-refractivity contribution is 0.0935. The molecule has 5 rings (SSSR count). The van der Waals surface area contributed by atoms with Crippen molar-refractivity contribution in [1.29, 1.82) is 0 Å². The van der Waals surface area contributed by atoms with Crippen molar-refractivity contribution in [2.45, 2.75) is 31.2 Å². The van der Waals surface area contributed by atoms with Gasteiger partial charge in [-0.25, -0.2) is 9.97 Å². The highest BCUT2D eigenvalue weighted by Crippen LogP contribution is 2.39. The number of H-pyrrole nitrogens is 1. The lowest BCUT2D eigenvalue weighted by atomic mass is 10.0. The van der Waals surface area contributed by atoms with Crippen molar-refractivity contribution in [3.8, 4) is 5.75 Å². The van der Waals surface area contributed by atoms with Gasteiger partial charge in [0, 0.05) is 48.1 Å². The summed E-state index contributed by atoms with van der Waals surface area (Å²) in [4.78, 5) is 26.1. The summed E-state index contributed by atoms with van der Waals surface area (Å²) < 4.78 is 5.29. The van der Waals surface area contributed by atoms with Crippen LogP contribution in [-0.4, -0.2) is 35.0 Å². The highest BCUT2D eigenvalue weighted by Gasteiger charge is 2.29. The SMILES string of the molecule is CNc1cc([C@@H](Cc2c[nH]c3ccccc23)NC(=O)c2cccc(OC)c2)nc(C2CC2)n1. The zero-order valence-electron chi connectivity index (χ0n) is 18.8. The average Bonchev–Trinajstić information content (AvgIpc) is 3.64. The molecule has 0 saturated heterocycles. The van der Waals surface area contributed by atoms with Crippen molar-refractivity contribution >= 4 is 22.6 Å². The first-order valence-corrected chi connectivity index (χ1v) is 11.2. The van der Waals surface area contributed by atoms with E-state index in [0.29, 0.717) is 23.7 Å². The summed E-state index contributed by atoms with van der Waals surface area (Å²) in [6.07, 6.45) is 4.83. The number of nitrogens with one attached hydrogen (secondary N) is 3. The average molecular weight is 442 g/mol. The van der Waals surface area contributed by atoms with Crippen LogP contribution in [0.4, 0.5) is 5.82 Å². The van der Waals surface area contributed by atoms with E-state index in [1.807, 2.05) is 43.6 Å². The van der Waals surface area contributed by atoms with E-state index in [9.17, 15) is 4.79 Å². The van der Waals surface area contributed by atoms with Crippen LogP contribution in [0, 0.1) is 0 Å². The number of para-hydroxylation sites is 1. The van der Waals surface area contributed by atoms with E-state index in [2.05, 4.69) is 32.7 Å². The van der Waals surface area contributed by atoms with E-state index >= 15 is 0 Å². The van der Waals surface area contributed by atoms with Gasteiger partial charge in [0.15, 0.2) is 0 Å². The van der Waals surface area contributed by atoms with Crippen molar-refractivity contribution in [2.24, 2.45) is 0 Å². The van der Waals surface area contributed by atoms with Crippen LogP contribution in [0.5, 0.6) is 5.75 Å². The van der Waals surface area contributed by atoms with Crippen LogP contribution in [0.3, 0.4) is 0 Å². The Bertz CT molecular complexity index is 1290. The van der Waals surface area contributed by atoms with Crippen molar-refractivity contribution in [3.05, 3.63) is 83.4 Å². The molecule has 0 aliphatic heterocycles. The third kappa shape index (κ3) is 4.53. The van der Waals surface area contributed by atoms with E-state index in [0.717, 1.165) is 46.6 Å². The fourth-order valence-corrected chi connectivity index (χ4v) is 4.07. The van der Waals surface area contributed by atoms with Gasteiger partial charge < -0.3 is 20.4 Å². The molecule has 168 valence electrons. The second-order valence-corrected chi connectivity index (χ2v) is 8.38. The van der Waals surface area contributed by atoms with Crippen LogP contribution >= 0.6 is 0 Å². The Morgan fingerprint density at radius 1 is 1.15 bits per heavy atom. The summed E-state index contributed by atoms with van der Waals surface area (Å²) in [5.41, 5.74) is 3.54. The molecule has 7 heteroatoms. The molecule has 3 N–H and O–H groups in total. The Morgan fingerprint density at radius 3 is 2.79 bits per heavy atom. The van der Waals surface area contributed by atoms with Gasteiger partial charge in [-0.3, -0.25) is 4.79 Å². The van der Waals surface area contributed by atoms with Crippen LogP contribution in [-0.2, 0) is 6.42 Å². The summed E-state index contributed by atoms with van der Waals surface area (Å²) in [5.74, 6) is 2.49. The van der Waals surface area contributed by atoms with Crippen molar-refractivity contribution in [3.63, 3.8) is 0 Å². The molecule has 1 saturated carbocycles. The lowest BCUT2D eigenvalue weighted by Gasteiger charge is -2.20. The molecule has 7 nitrogen and oxygen atoms in total. The number of aromatic nitrogens is 3. The highest BCUT2D eigenvalue weighted by molar-refractivity contribution is 5.95. The molecule has 1 aliphatic rings. The van der Waals surface area contributed by atoms with E-state index in [-0.39, 0.29) is 11.9 Å². The first kappa shape index (κ1) is 21.0. The Morgan fingerprint density at radius 2 is 2.00 bits per heavy atom. The zero-order chi connectivity index (χ0) is 22.8. The molecule has 1 atom stereocenters. The Kier molecular flexibility index (Phi) is 5.69. The van der Waals surface area contributed by atoms with Crippen LogP contribution in [0.25, 0.3) is 10.9 Å². The number of hydrogen-bond acceptors (Lipinski definition) is 5. The molecule has 0 bridgehead atoms. The number of benzene rings is 2. The second kappa shape index (κ2) is 8.94. The maximum absolute atomic E-state index is 13.2. The Labute approximate surface area is 192 Å². The largest absolute Gasteiger partial charge is 0.497 e. The van der Waals surface area contributed by atoms with Gasteiger partial charge in [-0.2, -0.15) is 0 Å². The summed E-state index contributed by atoms with van der Waals surface area (Å²) >= 11 is 0. The number of rotatable bonds is 8. The summed E-state index contributed by atoms with van der Waals surface area (Å²) in [6.45, 7) is 0. The first-order chi connectivity index (χ1) is 16.1. The predicted octanol–water partition coefficient (Wildman–Crippen LogP) is 4.60. The number of anilines is 1. The van der Waals surface area contributed by atoms with Gasteiger partial charge in [-0.15, -0.1) is 0 Å². The molecule has 2 heterocycles. The molecule has 1 fully saturated rings. The fraction of sp³-hybridized carbons (Fsp3) is 0.269. The predicted molar refractivity (Wildman–Crippen MR) is 129 cm³/mol. The molecule has 4 aromatic rings. The number of methoxy groups -OCH3 is 1. The third-order valence-electron chi connectivity index (χ3n) is 6.06. The summed E-state index contributed by atoms with van der Waals surface area (Å²) in [5, 5.41) is 7.50. The number of fused-ring (bicyclic) bond motifs is 1. The number of carbonyl (C=O) groups is 1. The molecule has 2 aromatic heterocycles. The number of amides is 1. The van der Waals surface area contributed by atoms with E-state index in [1.54, 1.807) is 19.2 Å². The molecule has 0 spiro atoms. The van der Waals surface area contributed by atoms with Crippen LogP contribution in [0.15, 0.2) is 60.8 Å². The minimum atomic E-state index is -0.324. The van der Waals surface area contributed by atoms with Gasteiger partial charge in [0.05, 0.1) is 18.8 Å². The normalized spacial score (nSPS) is 14.1. The maximum Gasteiger partial charge on any atom is 0.251 e. The molecule has 0 unspecified atom stereocenters. The molecule has 33 heavy (non-hydrogen) atoms. The molecular weight excluding hydrogens is 414 g/mol. The molecule has 1 aliphatic carbocycles. The highest BCUT2D eigenvalue weighted by atomic mass is 16.5. The Hall–Kier alpha value is -3.87. The van der Waals surface area contributed by atoms with Crippen LogP contribution in [0.1, 0.15) is 52.2 Å². The van der Waals surface area contributed by atoms with E-state index in [4.69, 9.17) is 9.72 Å². The number of carbonyl (C=O) groups excluding carboxylic acids is 1. The standard InChI is InChI=1S/C26H27N5O2/c1-27-24-14-23(29-25(31-24)16-10-11-16)22(13-18-15-28-21-9-4-3-8-20(18)21)30-26(32)17-6-5-7-19(12-17)33-2/h3-9,12,14-16,22,28H,10-11,13H2,1-2H3,(H,30,32)(H,27,29,31)/t22-/m1/s1. The molecule has 1 amide bonds. The minimum absolute atomic E-state index is 0.170. The fourth-order valence-electron chi connectivity index (χ4n) is 4.07. The quantitative estimate of drug-likeness (QED) is 0.372. The molecule has 0 radical (unpaired) electrons. The van der Waals surface area contributed by atoms with E-state index < -0.39 is 0 Å². The first-order valence-electron chi connectivity index (χ1n) is 11.2. The van der Waals surface area contributed by atoms with Gasteiger partial charge >= 0.3 is 0 Å². The van der Waals surface area contributed by atoms with Gasteiger partial charge in [0.1, 0.15) is 17.4 Å². The van der Waals surface area contributed by atoms with Gasteiger partial charge in [0.2, 0.25) is 0 Å². The van der Waals surface area contributed by atoms with Crippen LogP contribution < -0.4 is 15.4 Å². The van der Waals surface area contributed by atoms with E-state index in [1.165, 1.54) is 0 Å².